The Morgan fingerprint density at radius 1 is 1.21 bits per heavy atom. The molecule has 0 spiro atoms. The van der Waals surface area contributed by atoms with Crippen LogP contribution in [0, 0.1) is 0 Å². The molecule has 3 rings (SSSR count). The second-order valence-corrected chi connectivity index (χ2v) is 6.18. The molecule has 0 aliphatic heterocycles. The quantitative estimate of drug-likeness (QED) is 0.897. The number of carbonyl (C=O) groups is 1. The van der Waals surface area contributed by atoms with E-state index in [0.717, 1.165) is 30.5 Å². The van der Waals surface area contributed by atoms with Gasteiger partial charge in [0, 0.05) is 12.1 Å². The maximum Gasteiger partial charge on any atom is 0.416 e. The maximum absolute atomic E-state index is 13.0. The topological polar surface area (TPSA) is 42.2 Å². The van der Waals surface area contributed by atoms with Gasteiger partial charge in [0.1, 0.15) is 0 Å². The van der Waals surface area contributed by atoms with E-state index in [1.54, 1.807) is 12.1 Å². The highest BCUT2D eigenvalue weighted by Crippen LogP contribution is 2.43. The van der Waals surface area contributed by atoms with Crippen LogP contribution in [0.2, 0.25) is 0 Å². The molecule has 1 aliphatic carbocycles. The Kier molecular flexibility index (Phi) is 4.39. The van der Waals surface area contributed by atoms with Gasteiger partial charge < -0.3 is 9.73 Å². The number of furan rings is 1. The van der Waals surface area contributed by atoms with Crippen LogP contribution in [-0.2, 0) is 22.9 Å². The molecule has 1 amide bonds. The van der Waals surface area contributed by atoms with Crippen molar-refractivity contribution in [2.45, 2.75) is 43.8 Å². The van der Waals surface area contributed by atoms with Crippen molar-refractivity contribution in [1.29, 1.82) is 0 Å². The average Bonchev–Trinajstić information content (AvgIpc) is 3.24. The first-order valence-electron chi connectivity index (χ1n) is 7.89. The Morgan fingerprint density at radius 2 is 1.96 bits per heavy atom. The van der Waals surface area contributed by atoms with Gasteiger partial charge in [0.25, 0.3) is 0 Å². The predicted molar refractivity (Wildman–Crippen MR) is 82.1 cm³/mol. The highest BCUT2D eigenvalue weighted by atomic mass is 19.4. The SMILES string of the molecule is O=C(NCc1ccoc1)C1(c2cccc(C(F)(F)F)c2)CCCC1. The lowest BCUT2D eigenvalue weighted by Crippen LogP contribution is -2.42. The van der Waals surface area contributed by atoms with Gasteiger partial charge in [-0.25, -0.2) is 0 Å². The minimum absolute atomic E-state index is 0.222. The third-order valence-corrected chi connectivity index (χ3v) is 4.67. The molecule has 128 valence electrons. The summed E-state index contributed by atoms with van der Waals surface area (Å²) in [6.07, 6.45) is 1.41. The van der Waals surface area contributed by atoms with Crippen molar-refractivity contribution in [2.24, 2.45) is 0 Å². The zero-order chi connectivity index (χ0) is 17.2. The molecule has 0 unspecified atom stereocenters. The molecule has 6 heteroatoms. The molecule has 1 aromatic carbocycles. The highest BCUT2D eigenvalue weighted by Gasteiger charge is 2.43. The lowest BCUT2D eigenvalue weighted by Gasteiger charge is -2.29. The number of hydrogen-bond donors (Lipinski definition) is 1. The van der Waals surface area contributed by atoms with Gasteiger partial charge in [0.05, 0.1) is 23.5 Å². The summed E-state index contributed by atoms with van der Waals surface area (Å²) < 4.78 is 44.0. The Labute approximate surface area is 137 Å². The molecule has 2 aromatic rings. The summed E-state index contributed by atoms with van der Waals surface area (Å²) in [5.74, 6) is -0.222. The molecule has 0 bridgehead atoms. The van der Waals surface area contributed by atoms with E-state index in [1.165, 1.54) is 18.6 Å². The van der Waals surface area contributed by atoms with Crippen LogP contribution < -0.4 is 5.32 Å². The summed E-state index contributed by atoms with van der Waals surface area (Å²) >= 11 is 0. The van der Waals surface area contributed by atoms with Crippen LogP contribution in [0.1, 0.15) is 42.4 Å². The molecule has 0 atom stereocenters. The van der Waals surface area contributed by atoms with E-state index in [-0.39, 0.29) is 5.91 Å². The van der Waals surface area contributed by atoms with Crippen molar-refractivity contribution in [2.75, 3.05) is 0 Å². The maximum atomic E-state index is 13.0. The summed E-state index contributed by atoms with van der Waals surface area (Å²) in [5.41, 5.74) is -0.334. The van der Waals surface area contributed by atoms with Gasteiger partial charge in [-0.05, 0) is 30.5 Å². The first-order chi connectivity index (χ1) is 11.4. The second kappa shape index (κ2) is 6.34. The largest absolute Gasteiger partial charge is 0.472 e. The van der Waals surface area contributed by atoms with Crippen molar-refractivity contribution in [3.8, 4) is 0 Å². The summed E-state index contributed by atoms with van der Waals surface area (Å²) in [5, 5.41) is 2.84. The van der Waals surface area contributed by atoms with Crippen molar-refractivity contribution in [1.82, 2.24) is 5.32 Å². The van der Waals surface area contributed by atoms with E-state index >= 15 is 0 Å². The molecule has 1 aliphatic rings. The smallest absolute Gasteiger partial charge is 0.416 e. The molecule has 3 nitrogen and oxygen atoms in total. The van der Waals surface area contributed by atoms with Gasteiger partial charge in [-0.2, -0.15) is 13.2 Å². The van der Waals surface area contributed by atoms with Gasteiger partial charge >= 0.3 is 6.18 Å². The number of alkyl halides is 3. The number of rotatable bonds is 4. The summed E-state index contributed by atoms with van der Waals surface area (Å²) in [6.45, 7) is 0.302. The molecule has 1 heterocycles. The van der Waals surface area contributed by atoms with E-state index in [1.807, 2.05) is 0 Å². The van der Waals surface area contributed by atoms with Crippen LogP contribution in [0.3, 0.4) is 0 Å². The van der Waals surface area contributed by atoms with Gasteiger partial charge in [0.2, 0.25) is 5.91 Å². The zero-order valence-corrected chi connectivity index (χ0v) is 13.0. The Bertz CT molecular complexity index is 701. The third-order valence-electron chi connectivity index (χ3n) is 4.67. The van der Waals surface area contributed by atoms with Crippen molar-refractivity contribution < 1.29 is 22.4 Å². The lowest BCUT2D eigenvalue weighted by atomic mass is 9.77. The minimum atomic E-state index is -4.41. The Balaban J connectivity index is 1.86. The summed E-state index contributed by atoms with van der Waals surface area (Å²) in [6, 6.07) is 6.89. The van der Waals surface area contributed by atoms with Gasteiger partial charge in [-0.1, -0.05) is 31.0 Å². The standard InChI is InChI=1S/C18H18F3NO2/c19-18(20,21)15-5-3-4-14(10-15)17(7-1-2-8-17)16(23)22-11-13-6-9-24-12-13/h3-6,9-10,12H,1-2,7-8,11H2,(H,22,23). The third kappa shape index (κ3) is 3.18. The molecular weight excluding hydrogens is 319 g/mol. The lowest BCUT2D eigenvalue weighted by molar-refractivity contribution is -0.138. The minimum Gasteiger partial charge on any atom is -0.472 e. The highest BCUT2D eigenvalue weighted by molar-refractivity contribution is 5.88. The average molecular weight is 337 g/mol. The molecule has 24 heavy (non-hydrogen) atoms. The molecular formula is C18H18F3NO2. The molecule has 1 saturated carbocycles. The van der Waals surface area contributed by atoms with Crippen LogP contribution in [0.15, 0.2) is 47.3 Å². The number of halogens is 3. The van der Waals surface area contributed by atoms with Crippen LogP contribution in [0.25, 0.3) is 0 Å². The van der Waals surface area contributed by atoms with Crippen LogP contribution >= 0.6 is 0 Å². The first-order valence-corrected chi connectivity index (χ1v) is 7.89. The van der Waals surface area contributed by atoms with Crippen molar-refractivity contribution in [3.05, 3.63) is 59.5 Å². The zero-order valence-electron chi connectivity index (χ0n) is 13.0. The first kappa shape index (κ1) is 16.6. The Morgan fingerprint density at radius 3 is 2.58 bits per heavy atom. The van der Waals surface area contributed by atoms with Gasteiger partial charge in [-0.15, -0.1) is 0 Å². The normalized spacial score (nSPS) is 17.0. The van der Waals surface area contributed by atoms with Gasteiger partial charge in [-0.3, -0.25) is 4.79 Å². The number of hydrogen-bond acceptors (Lipinski definition) is 2. The van der Waals surface area contributed by atoms with Crippen LogP contribution in [0.5, 0.6) is 0 Å². The fraction of sp³-hybridized carbons (Fsp3) is 0.389. The van der Waals surface area contributed by atoms with Crippen LogP contribution in [0.4, 0.5) is 13.2 Å². The molecule has 0 saturated heterocycles. The van der Waals surface area contributed by atoms with E-state index in [4.69, 9.17) is 4.42 Å². The molecule has 1 fully saturated rings. The number of carbonyl (C=O) groups excluding carboxylic acids is 1. The fourth-order valence-electron chi connectivity index (χ4n) is 3.36. The molecule has 0 radical (unpaired) electrons. The summed E-state index contributed by atoms with van der Waals surface area (Å²) in [7, 11) is 0. The fourth-order valence-corrected chi connectivity index (χ4v) is 3.36. The molecule has 1 aromatic heterocycles. The number of nitrogens with one attached hydrogen (secondary N) is 1. The number of amides is 1. The van der Waals surface area contributed by atoms with Crippen molar-refractivity contribution in [3.63, 3.8) is 0 Å². The monoisotopic (exact) mass is 337 g/mol. The van der Waals surface area contributed by atoms with E-state index in [9.17, 15) is 18.0 Å². The van der Waals surface area contributed by atoms with Crippen molar-refractivity contribution >= 4 is 5.91 Å². The van der Waals surface area contributed by atoms with E-state index in [0.29, 0.717) is 24.9 Å². The second-order valence-electron chi connectivity index (χ2n) is 6.18. The van der Waals surface area contributed by atoms with Gasteiger partial charge in [0.15, 0.2) is 0 Å². The Hall–Kier alpha value is -2.24. The van der Waals surface area contributed by atoms with E-state index < -0.39 is 17.2 Å². The summed E-state index contributed by atoms with van der Waals surface area (Å²) in [4.78, 5) is 12.8. The van der Waals surface area contributed by atoms with E-state index in [2.05, 4.69) is 5.32 Å². The van der Waals surface area contributed by atoms with Crippen LogP contribution in [-0.4, -0.2) is 5.91 Å². The molecule has 1 N–H and O–H groups in total. The predicted octanol–water partition coefficient (Wildman–Crippen LogP) is 4.43. The number of benzene rings is 1.